The molecule has 0 fully saturated rings. The van der Waals surface area contributed by atoms with Gasteiger partial charge in [-0.1, -0.05) is 30.3 Å². The Hall–Kier alpha value is -1.15. The van der Waals surface area contributed by atoms with Crippen LogP contribution < -0.4 is 0 Å². The second-order valence-corrected chi connectivity index (χ2v) is 3.96. The summed E-state index contributed by atoms with van der Waals surface area (Å²) in [6.07, 6.45) is 0. The first-order valence-corrected chi connectivity index (χ1v) is 4.70. The molecule has 0 radical (unpaired) electrons. The zero-order chi connectivity index (χ0) is 10.2. The lowest BCUT2D eigenvalue weighted by Crippen LogP contribution is -2.19. The van der Waals surface area contributed by atoms with E-state index in [0.29, 0.717) is 12.2 Å². The molecule has 0 amide bonds. The van der Waals surface area contributed by atoms with Crippen molar-refractivity contribution in [3.8, 4) is 0 Å². The summed E-state index contributed by atoms with van der Waals surface area (Å²) in [6, 6.07) is 9.53. The fourth-order valence-corrected chi connectivity index (χ4v) is 1.59. The minimum atomic E-state index is -0.759. The fourth-order valence-electron chi connectivity index (χ4n) is 1.59. The van der Waals surface area contributed by atoms with Gasteiger partial charge in [0, 0.05) is 5.57 Å². The predicted molar refractivity (Wildman–Crippen MR) is 54.5 cm³/mol. The highest BCUT2D eigenvalue weighted by Gasteiger charge is 2.34. The molecular formula is C12H13FO. The van der Waals surface area contributed by atoms with E-state index in [0.717, 1.165) is 5.56 Å². The normalized spacial score (nSPS) is 20.2. The Labute approximate surface area is 83.2 Å². The highest BCUT2D eigenvalue weighted by molar-refractivity contribution is 5.71. The molecule has 1 aromatic carbocycles. The van der Waals surface area contributed by atoms with E-state index in [4.69, 9.17) is 4.74 Å². The van der Waals surface area contributed by atoms with Gasteiger partial charge in [0.05, 0.1) is 6.61 Å². The summed E-state index contributed by atoms with van der Waals surface area (Å²) in [5.74, 6) is -0.149. The van der Waals surface area contributed by atoms with Gasteiger partial charge in [-0.2, -0.15) is 0 Å². The van der Waals surface area contributed by atoms with Crippen molar-refractivity contribution in [1.82, 2.24) is 0 Å². The minimum absolute atomic E-state index is 0.149. The molecule has 0 unspecified atom stereocenters. The molecule has 0 saturated carbocycles. The monoisotopic (exact) mass is 192 g/mol. The lowest BCUT2D eigenvalue weighted by Gasteiger charge is -2.15. The molecule has 0 N–H and O–H groups in total. The first-order chi connectivity index (χ1) is 6.61. The zero-order valence-corrected chi connectivity index (χ0v) is 8.38. The van der Waals surface area contributed by atoms with E-state index in [1.807, 2.05) is 30.3 Å². The van der Waals surface area contributed by atoms with Crippen molar-refractivity contribution in [2.24, 2.45) is 0 Å². The Balaban J connectivity index is 2.42. The topological polar surface area (TPSA) is 9.23 Å². The summed E-state index contributed by atoms with van der Waals surface area (Å²) in [6.45, 7) is 3.86. The van der Waals surface area contributed by atoms with E-state index < -0.39 is 5.60 Å². The van der Waals surface area contributed by atoms with Gasteiger partial charge in [-0.3, -0.25) is 0 Å². The van der Waals surface area contributed by atoms with E-state index >= 15 is 0 Å². The molecule has 1 aliphatic heterocycles. The molecule has 0 aliphatic carbocycles. The molecule has 0 spiro atoms. The van der Waals surface area contributed by atoms with Crippen molar-refractivity contribution in [1.29, 1.82) is 0 Å². The Morgan fingerprint density at radius 1 is 1.21 bits per heavy atom. The molecule has 0 atom stereocenters. The van der Waals surface area contributed by atoms with Crippen molar-refractivity contribution < 1.29 is 9.13 Å². The first-order valence-electron chi connectivity index (χ1n) is 4.70. The maximum Gasteiger partial charge on any atom is 0.137 e. The summed E-state index contributed by atoms with van der Waals surface area (Å²) in [5.41, 5.74) is 0.830. The number of halogens is 1. The highest BCUT2D eigenvalue weighted by atomic mass is 19.1. The predicted octanol–water partition coefficient (Wildman–Crippen LogP) is 3.18. The molecule has 1 nitrogen and oxygen atoms in total. The van der Waals surface area contributed by atoms with Gasteiger partial charge >= 0.3 is 0 Å². The van der Waals surface area contributed by atoms with Crippen molar-refractivity contribution in [3.63, 3.8) is 0 Å². The van der Waals surface area contributed by atoms with Crippen LogP contribution in [0.15, 0.2) is 36.2 Å². The van der Waals surface area contributed by atoms with Crippen LogP contribution in [-0.2, 0) is 4.74 Å². The van der Waals surface area contributed by atoms with Crippen LogP contribution in [0.3, 0.4) is 0 Å². The number of benzene rings is 1. The quantitative estimate of drug-likeness (QED) is 0.664. The van der Waals surface area contributed by atoms with Gasteiger partial charge in [-0.15, -0.1) is 0 Å². The molecule has 1 aromatic rings. The largest absolute Gasteiger partial charge is 0.364 e. The Morgan fingerprint density at radius 2 is 1.86 bits per heavy atom. The minimum Gasteiger partial charge on any atom is -0.364 e. The van der Waals surface area contributed by atoms with Crippen LogP contribution in [0.1, 0.15) is 19.4 Å². The number of hydrogen-bond donors (Lipinski definition) is 0. The molecule has 2 heteroatoms. The van der Waals surface area contributed by atoms with Crippen LogP contribution >= 0.6 is 0 Å². The van der Waals surface area contributed by atoms with E-state index in [9.17, 15) is 4.39 Å². The number of rotatable bonds is 1. The van der Waals surface area contributed by atoms with Gasteiger partial charge in [0.2, 0.25) is 0 Å². The van der Waals surface area contributed by atoms with Crippen LogP contribution in [0.25, 0.3) is 5.57 Å². The van der Waals surface area contributed by atoms with Crippen LogP contribution in [0, 0.1) is 0 Å². The molecule has 2 rings (SSSR count). The SMILES string of the molecule is CC1(C)OCC(c2ccccc2)=C1F. The van der Waals surface area contributed by atoms with Gasteiger partial charge in [0.1, 0.15) is 11.4 Å². The van der Waals surface area contributed by atoms with Crippen molar-refractivity contribution in [2.45, 2.75) is 19.4 Å². The highest BCUT2D eigenvalue weighted by Crippen LogP contribution is 2.36. The molecule has 1 heterocycles. The van der Waals surface area contributed by atoms with Gasteiger partial charge in [0.15, 0.2) is 0 Å². The molecule has 0 saturated heterocycles. The lowest BCUT2D eigenvalue weighted by molar-refractivity contribution is 0.0372. The Morgan fingerprint density at radius 3 is 2.36 bits per heavy atom. The average molecular weight is 192 g/mol. The standard InChI is InChI=1S/C12H13FO/c1-12(2)11(13)10(8-14-12)9-6-4-3-5-7-9/h3-7H,8H2,1-2H3. The summed E-state index contributed by atoms with van der Waals surface area (Å²) in [7, 11) is 0. The van der Waals surface area contributed by atoms with E-state index in [-0.39, 0.29) is 5.83 Å². The average Bonchev–Trinajstić information content (AvgIpc) is 2.44. The Bertz CT molecular complexity index is 365. The fraction of sp³-hybridized carbons (Fsp3) is 0.333. The maximum atomic E-state index is 13.8. The third kappa shape index (κ3) is 1.46. The maximum absolute atomic E-state index is 13.8. The second-order valence-electron chi connectivity index (χ2n) is 3.96. The van der Waals surface area contributed by atoms with Gasteiger partial charge in [-0.05, 0) is 19.4 Å². The smallest absolute Gasteiger partial charge is 0.137 e. The molecule has 74 valence electrons. The third-order valence-electron chi connectivity index (χ3n) is 2.49. The molecule has 0 bridgehead atoms. The van der Waals surface area contributed by atoms with Crippen LogP contribution in [0.2, 0.25) is 0 Å². The first kappa shape index (κ1) is 9.41. The van der Waals surface area contributed by atoms with Crippen molar-refractivity contribution in [3.05, 3.63) is 41.7 Å². The Kier molecular flexibility index (Phi) is 2.16. The summed E-state index contributed by atoms with van der Waals surface area (Å²) in [4.78, 5) is 0. The summed E-state index contributed by atoms with van der Waals surface area (Å²) >= 11 is 0. The van der Waals surface area contributed by atoms with Gasteiger partial charge in [0.25, 0.3) is 0 Å². The molecule has 14 heavy (non-hydrogen) atoms. The number of hydrogen-bond acceptors (Lipinski definition) is 1. The molecule has 1 aliphatic rings. The second kappa shape index (κ2) is 3.21. The van der Waals surface area contributed by atoms with Crippen molar-refractivity contribution >= 4 is 5.57 Å². The third-order valence-corrected chi connectivity index (χ3v) is 2.49. The van der Waals surface area contributed by atoms with E-state index in [2.05, 4.69) is 0 Å². The summed E-state index contributed by atoms with van der Waals surface area (Å²) in [5, 5.41) is 0. The summed E-state index contributed by atoms with van der Waals surface area (Å²) < 4.78 is 19.2. The zero-order valence-electron chi connectivity index (χ0n) is 8.38. The van der Waals surface area contributed by atoms with E-state index in [1.54, 1.807) is 13.8 Å². The van der Waals surface area contributed by atoms with Crippen molar-refractivity contribution in [2.75, 3.05) is 6.61 Å². The van der Waals surface area contributed by atoms with E-state index in [1.165, 1.54) is 0 Å². The number of ether oxygens (including phenoxy) is 1. The van der Waals surface area contributed by atoms with Crippen LogP contribution in [-0.4, -0.2) is 12.2 Å². The molecule has 0 aromatic heterocycles. The lowest BCUT2D eigenvalue weighted by atomic mass is 10.0. The van der Waals surface area contributed by atoms with Crippen LogP contribution in [0.4, 0.5) is 4.39 Å². The van der Waals surface area contributed by atoms with Crippen LogP contribution in [0.5, 0.6) is 0 Å². The molecular weight excluding hydrogens is 179 g/mol. The van der Waals surface area contributed by atoms with Gasteiger partial charge in [-0.25, -0.2) is 4.39 Å². The van der Waals surface area contributed by atoms with Gasteiger partial charge < -0.3 is 4.74 Å².